The lowest BCUT2D eigenvalue weighted by molar-refractivity contribution is -0.137. The van der Waals surface area contributed by atoms with E-state index in [4.69, 9.17) is 4.74 Å². The molecule has 2 amide bonds. The smallest absolute Gasteiger partial charge is 0.261 e. The Morgan fingerprint density at radius 1 is 1.40 bits per heavy atom. The average molecular weight is 292 g/mol. The standard InChI is InChI=1S/C13H22F2N2O3/c1-13(2,3)11-12(19)17(5-4-10(18)16-11)6-7-20-8-9(14)15/h9,11H,4-8H2,1-3H3,(H,16,18). The van der Waals surface area contributed by atoms with Crippen molar-refractivity contribution in [3.63, 3.8) is 0 Å². The number of rotatable bonds is 5. The van der Waals surface area contributed by atoms with Gasteiger partial charge >= 0.3 is 0 Å². The first kappa shape index (κ1) is 16.8. The molecule has 116 valence electrons. The largest absolute Gasteiger partial charge is 0.374 e. The number of halogens is 2. The number of amides is 2. The van der Waals surface area contributed by atoms with Crippen molar-refractivity contribution in [1.82, 2.24) is 10.2 Å². The van der Waals surface area contributed by atoms with Crippen molar-refractivity contribution in [2.45, 2.75) is 39.7 Å². The summed E-state index contributed by atoms with van der Waals surface area (Å²) in [5, 5.41) is 2.72. The van der Waals surface area contributed by atoms with Crippen LogP contribution in [0.15, 0.2) is 0 Å². The maximum atomic E-state index is 12.4. The van der Waals surface area contributed by atoms with Gasteiger partial charge in [-0.15, -0.1) is 0 Å². The molecule has 7 heteroatoms. The second kappa shape index (κ2) is 6.97. The summed E-state index contributed by atoms with van der Waals surface area (Å²) in [6.07, 6.45) is -2.30. The molecule has 1 aliphatic heterocycles. The molecule has 1 atom stereocenters. The normalized spacial score (nSPS) is 21.1. The number of hydrogen-bond donors (Lipinski definition) is 1. The zero-order valence-corrected chi connectivity index (χ0v) is 12.1. The number of nitrogens with one attached hydrogen (secondary N) is 1. The summed E-state index contributed by atoms with van der Waals surface area (Å²) in [6, 6.07) is -0.604. The van der Waals surface area contributed by atoms with Crippen LogP contribution < -0.4 is 5.32 Å². The van der Waals surface area contributed by atoms with Crippen molar-refractivity contribution in [2.24, 2.45) is 5.41 Å². The number of carbonyl (C=O) groups is 2. The van der Waals surface area contributed by atoms with Crippen LogP contribution in [-0.2, 0) is 14.3 Å². The molecule has 1 heterocycles. The molecule has 0 radical (unpaired) electrons. The Hall–Kier alpha value is -1.24. The molecule has 0 bridgehead atoms. The first-order valence-electron chi connectivity index (χ1n) is 6.66. The SMILES string of the molecule is CC(C)(C)C1NC(=O)CCN(CCOCC(F)F)C1=O. The van der Waals surface area contributed by atoms with Crippen LogP contribution >= 0.6 is 0 Å². The van der Waals surface area contributed by atoms with Crippen LogP contribution in [-0.4, -0.2) is 55.5 Å². The van der Waals surface area contributed by atoms with Crippen LogP contribution in [0.2, 0.25) is 0 Å². The molecule has 0 aliphatic carbocycles. The minimum atomic E-state index is -2.51. The summed E-state index contributed by atoms with van der Waals surface area (Å²) in [6.45, 7) is 5.51. The average Bonchev–Trinajstić information content (AvgIpc) is 2.45. The van der Waals surface area contributed by atoms with Gasteiger partial charge in [-0.25, -0.2) is 8.78 Å². The molecule has 0 saturated carbocycles. The van der Waals surface area contributed by atoms with Crippen LogP contribution in [0.5, 0.6) is 0 Å². The summed E-state index contributed by atoms with van der Waals surface area (Å²) >= 11 is 0. The van der Waals surface area contributed by atoms with Gasteiger partial charge in [0.1, 0.15) is 12.6 Å². The van der Waals surface area contributed by atoms with Gasteiger partial charge in [0.25, 0.3) is 6.43 Å². The van der Waals surface area contributed by atoms with Gasteiger partial charge in [-0.1, -0.05) is 20.8 Å². The predicted molar refractivity (Wildman–Crippen MR) is 69.4 cm³/mol. The molecule has 1 N–H and O–H groups in total. The minimum absolute atomic E-state index is 0.0428. The van der Waals surface area contributed by atoms with Crippen molar-refractivity contribution < 1.29 is 23.1 Å². The summed E-state index contributed by atoms with van der Waals surface area (Å²) in [5.74, 6) is -0.363. The van der Waals surface area contributed by atoms with E-state index in [-0.39, 0.29) is 37.9 Å². The third-order valence-corrected chi connectivity index (χ3v) is 3.09. The second-order valence-corrected chi connectivity index (χ2v) is 5.91. The highest BCUT2D eigenvalue weighted by Gasteiger charge is 2.37. The molecule has 0 aromatic carbocycles. The molecule has 0 spiro atoms. The molecular weight excluding hydrogens is 270 g/mol. The number of ether oxygens (including phenoxy) is 1. The first-order valence-corrected chi connectivity index (χ1v) is 6.66. The lowest BCUT2D eigenvalue weighted by atomic mass is 9.86. The van der Waals surface area contributed by atoms with Crippen LogP contribution in [0.4, 0.5) is 8.78 Å². The van der Waals surface area contributed by atoms with Gasteiger partial charge < -0.3 is 15.0 Å². The van der Waals surface area contributed by atoms with E-state index in [1.165, 1.54) is 4.90 Å². The van der Waals surface area contributed by atoms with Gasteiger partial charge in [0, 0.05) is 19.5 Å². The molecule has 1 saturated heterocycles. The van der Waals surface area contributed by atoms with Crippen molar-refractivity contribution in [2.75, 3.05) is 26.3 Å². The van der Waals surface area contributed by atoms with Crippen LogP contribution in [0.25, 0.3) is 0 Å². The maximum Gasteiger partial charge on any atom is 0.261 e. The molecule has 1 aliphatic rings. The van der Waals surface area contributed by atoms with Crippen molar-refractivity contribution in [1.29, 1.82) is 0 Å². The zero-order valence-electron chi connectivity index (χ0n) is 12.1. The number of hydrogen-bond acceptors (Lipinski definition) is 3. The van der Waals surface area contributed by atoms with E-state index >= 15 is 0 Å². The minimum Gasteiger partial charge on any atom is -0.374 e. The van der Waals surface area contributed by atoms with Crippen LogP contribution in [0, 0.1) is 5.41 Å². The summed E-state index contributed by atoms with van der Waals surface area (Å²) in [5.41, 5.74) is -0.404. The fourth-order valence-corrected chi connectivity index (χ4v) is 1.98. The van der Waals surface area contributed by atoms with E-state index in [2.05, 4.69) is 5.32 Å². The molecule has 1 unspecified atom stereocenters. The van der Waals surface area contributed by atoms with Crippen LogP contribution in [0.1, 0.15) is 27.2 Å². The summed E-state index contributed by atoms with van der Waals surface area (Å²) < 4.78 is 28.7. The Balaban J connectivity index is 2.61. The first-order chi connectivity index (χ1) is 9.21. The summed E-state index contributed by atoms with van der Waals surface area (Å²) in [7, 11) is 0. The van der Waals surface area contributed by atoms with E-state index in [1.807, 2.05) is 20.8 Å². The van der Waals surface area contributed by atoms with Crippen molar-refractivity contribution >= 4 is 11.8 Å². The van der Waals surface area contributed by atoms with E-state index in [1.54, 1.807) is 0 Å². The fraction of sp³-hybridized carbons (Fsp3) is 0.846. The summed E-state index contributed by atoms with van der Waals surface area (Å²) in [4.78, 5) is 25.5. The maximum absolute atomic E-state index is 12.4. The van der Waals surface area contributed by atoms with Crippen molar-refractivity contribution in [3.05, 3.63) is 0 Å². The Morgan fingerprint density at radius 2 is 2.05 bits per heavy atom. The number of alkyl halides is 2. The van der Waals surface area contributed by atoms with Crippen LogP contribution in [0.3, 0.4) is 0 Å². The van der Waals surface area contributed by atoms with Gasteiger partial charge in [0.15, 0.2) is 0 Å². The third-order valence-electron chi connectivity index (χ3n) is 3.09. The highest BCUT2D eigenvalue weighted by Crippen LogP contribution is 2.22. The molecule has 20 heavy (non-hydrogen) atoms. The van der Waals surface area contributed by atoms with E-state index < -0.39 is 24.5 Å². The number of carbonyl (C=O) groups excluding carboxylic acids is 2. The van der Waals surface area contributed by atoms with Gasteiger partial charge in [0.2, 0.25) is 11.8 Å². The van der Waals surface area contributed by atoms with E-state index in [9.17, 15) is 18.4 Å². The quantitative estimate of drug-likeness (QED) is 0.770. The Bertz CT molecular complexity index is 356. The van der Waals surface area contributed by atoms with E-state index in [0.717, 1.165) is 0 Å². The van der Waals surface area contributed by atoms with Gasteiger partial charge in [-0.05, 0) is 5.41 Å². The lowest BCUT2D eigenvalue weighted by Gasteiger charge is -2.32. The topological polar surface area (TPSA) is 58.6 Å². The fourth-order valence-electron chi connectivity index (χ4n) is 1.98. The third kappa shape index (κ3) is 5.03. The van der Waals surface area contributed by atoms with Gasteiger partial charge in [0.05, 0.1) is 6.61 Å². The van der Waals surface area contributed by atoms with Gasteiger partial charge in [-0.2, -0.15) is 0 Å². The second-order valence-electron chi connectivity index (χ2n) is 5.91. The Kier molecular flexibility index (Phi) is 5.86. The molecule has 5 nitrogen and oxygen atoms in total. The zero-order chi connectivity index (χ0) is 15.3. The Labute approximate surface area is 117 Å². The van der Waals surface area contributed by atoms with Crippen molar-refractivity contribution in [3.8, 4) is 0 Å². The monoisotopic (exact) mass is 292 g/mol. The van der Waals surface area contributed by atoms with Gasteiger partial charge in [-0.3, -0.25) is 9.59 Å². The lowest BCUT2D eigenvalue weighted by Crippen LogP contribution is -2.52. The molecular formula is C13H22F2N2O3. The molecule has 1 rings (SSSR count). The predicted octanol–water partition coefficient (Wildman–Crippen LogP) is 1.03. The number of nitrogens with zero attached hydrogens (tertiary/aromatic N) is 1. The van der Waals surface area contributed by atoms with E-state index in [0.29, 0.717) is 0 Å². The Morgan fingerprint density at radius 3 is 2.60 bits per heavy atom. The molecule has 1 fully saturated rings. The highest BCUT2D eigenvalue weighted by molar-refractivity contribution is 5.90. The molecule has 0 aromatic heterocycles. The highest BCUT2D eigenvalue weighted by atomic mass is 19.3. The molecule has 0 aromatic rings.